The van der Waals surface area contributed by atoms with E-state index in [1.165, 1.54) is 0 Å². The summed E-state index contributed by atoms with van der Waals surface area (Å²) in [4.78, 5) is 22.3. The average Bonchev–Trinajstić information content (AvgIpc) is 3.82. The third-order valence-corrected chi connectivity index (χ3v) is 8.31. The lowest BCUT2D eigenvalue weighted by molar-refractivity contribution is -0.138. The van der Waals surface area contributed by atoms with E-state index < -0.39 is 5.97 Å². The number of rotatable bonds is 41. The predicted octanol–water partition coefficient (Wildman–Crippen LogP) is 1.83. The first-order chi connectivity index (χ1) is 27.2. The summed E-state index contributed by atoms with van der Waals surface area (Å²) in [5.74, 6) is 7.34. The molecule has 2 aliphatic carbocycles. The fourth-order valence-electron chi connectivity index (χ4n) is 5.41. The Labute approximate surface area is 326 Å². The van der Waals surface area contributed by atoms with Gasteiger partial charge in [-0.15, -0.1) is 11.8 Å². The summed E-state index contributed by atoms with van der Waals surface area (Å²) in [6.45, 7) is 11.7. The van der Waals surface area contributed by atoms with Crippen LogP contribution in [0.1, 0.15) is 32.1 Å². The monoisotopic (exact) mass is 793 g/mol. The van der Waals surface area contributed by atoms with Crippen LogP contribution in [0.15, 0.2) is 0 Å². The van der Waals surface area contributed by atoms with E-state index in [0.717, 1.165) is 25.7 Å². The summed E-state index contributed by atoms with van der Waals surface area (Å²) in [5.41, 5.74) is 0. The molecule has 320 valence electrons. The zero-order chi connectivity index (χ0) is 39.1. The largest absolute Gasteiger partial charge is 0.481 e. The number of carboxylic acid groups (broad SMARTS) is 1. The van der Waals surface area contributed by atoms with Crippen LogP contribution in [0.4, 0.5) is 4.79 Å². The molecule has 0 heterocycles. The van der Waals surface area contributed by atoms with E-state index in [0.29, 0.717) is 183 Å². The van der Waals surface area contributed by atoms with Crippen molar-refractivity contribution in [3.63, 3.8) is 0 Å². The molecule has 2 atom stereocenters. The second-order valence-corrected chi connectivity index (χ2v) is 12.4. The van der Waals surface area contributed by atoms with Gasteiger partial charge < -0.3 is 72.0 Å². The third kappa shape index (κ3) is 31.6. The Morgan fingerprint density at radius 2 is 0.745 bits per heavy atom. The Kier molecular flexibility index (Phi) is 33.3. The standard InChI is InChI=1S/C38H67NO16/c40-37(41)7-9-43-11-13-45-15-17-47-19-21-49-23-25-51-27-29-53-31-32-54-30-28-52-26-24-50-22-20-48-18-16-46-14-12-44-10-8-39-38(42)55-33-36-34-5-3-1-2-4-6-35(34)36/h34-36H,3-33H2,(H,39,42)(H,40,41)/t34-,35-/m1/s1. The number of aliphatic carboxylic acids is 1. The molecule has 0 saturated heterocycles. The van der Waals surface area contributed by atoms with Crippen molar-refractivity contribution in [1.82, 2.24) is 5.32 Å². The van der Waals surface area contributed by atoms with E-state index in [9.17, 15) is 9.59 Å². The maximum atomic E-state index is 11.9. The number of hydrogen-bond donors (Lipinski definition) is 2. The first-order valence-electron chi connectivity index (χ1n) is 19.7. The third-order valence-electron chi connectivity index (χ3n) is 8.31. The molecule has 17 heteroatoms. The highest BCUT2D eigenvalue weighted by molar-refractivity contribution is 5.67. The predicted molar refractivity (Wildman–Crippen MR) is 198 cm³/mol. The smallest absolute Gasteiger partial charge is 0.407 e. The highest BCUT2D eigenvalue weighted by Crippen LogP contribution is 2.52. The van der Waals surface area contributed by atoms with E-state index >= 15 is 0 Å². The number of carboxylic acids is 1. The summed E-state index contributed by atoms with van der Waals surface area (Å²) >= 11 is 0. The van der Waals surface area contributed by atoms with Gasteiger partial charge in [-0.25, -0.2) is 4.79 Å². The van der Waals surface area contributed by atoms with Crippen LogP contribution >= 0.6 is 0 Å². The quantitative estimate of drug-likeness (QED) is 0.0674. The molecule has 2 rings (SSSR count). The zero-order valence-corrected chi connectivity index (χ0v) is 32.7. The summed E-state index contributed by atoms with van der Waals surface area (Å²) in [6.07, 6.45) is 3.77. The minimum absolute atomic E-state index is 0.00642. The fraction of sp³-hybridized carbons (Fsp3) is 0.895. The number of hydrogen-bond acceptors (Lipinski definition) is 15. The van der Waals surface area contributed by atoms with Crippen LogP contribution < -0.4 is 5.32 Å². The average molecular weight is 794 g/mol. The lowest BCUT2D eigenvalue weighted by Gasteiger charge is -2.09. The van der Waals surface area contributed by atoms with Crippen LogP contribution in [0.5, 0.6) is 0 Å². The topological polar surface area (TPSA) is 186 Å². The summed E-state index contributed by atoms with van der Waals surface area (Å²) < 4.78 is 70.5. The van der Waals surface area contributed by atoms with Crippen molar-refractivity contribution in [2.75, 3.05) is 172 Å². The van der Waals surface area contributed by atoms with E-state index in [1.54, 1.807) is 0 Å². The molecule has 0 aromatic rings. The first-order valence-corrected chi connectivity index (χ1v) is 19.7. The van der Waals surface area contributed by atoms with Gasteiger partial charge in [0, 0.05) is 19.4 Å². The molecule has 2 aliphatic rings. The Bertz CT molecular complexity index is 949. The van der Waals surface area contributed by atoms with Crippen LogP contribution in [-0.4, -0.2) is 189 Å². The number of nitrogens with one attached hydrogen (secondary N) is 1. The number of amides is 1. The van der Waals surface area contributed by atoms with E-state index in [1.807, 2.05) is 0 Å². The number of fused-ring (bicyclic) bond motifs is 1. The Balaban J connectivity index is 1.13. The maximum Gasteiger partial charge on any atom is 0.407 e. The molecule has 0 aromatic carbocycles. The highest BCUT2D eigenvalue weighted by atomic mass is 16.6. The van der Waals surface area contributed by atoms with Gasteiger partial charge in [-0.2, -0.15) is 0 Å². The molecule has 0 unspecified atom stereocenters. The summed E-state index contributed by atoms with van der Waals surface area (Å²) in [6, 6.07) is 0. The van der Waals surface area contributed by atoms with Gasteiger partial charge in [-0.3, -0.25) is 4.79 Å². The number of ether oxygens (including phenoxy) is 13. The van der Waals surface area contributed by atoms with Crippen LogP contribution in [0.2, 0.25) is 0 Å². The van der Waals surface area contributed by atoms with Gasteiger partial charge >= 0.3 is 12.1 Å². The van der Waals surface area contributed by atoms with Gasteiger partial charge in [0.15, 0.2) is 0 Å². The molecule has 1 amide bonds. The van der Waals surface area contributed by atoms with Gasteiger partial charge in [0.25, 0.3) is 0 Å². The lowest BCUT2D eigenvalue weighted by Crippen LogP contribution is -2.29. The first kappa shape index (κ1) is 49.0. The minimum Gasteiger partial charge on any atom is -0.481 e. The van der Waals surface area contributed by atoms with Crippen LogP contribution in [0, 0.1) is 29.6 Å². The van der Waals surface area contributed by atoms with Crippen molar-refractivity contribution in [3.05, 3.63) is 0 Å². The van der Waals surface area contributed by atoms with Crippen molar-refractivity contribution in [3.8, 4) is 11.8 Å². The van der Waals surface area contributed by atoms with Crippen LogP contribution in [0.25, 0.3) is 0 Å². The fourth-order valence-corrected chi connectivity index (χ4v) is 5.41. The molecule has 55 heavy (non-hydrogen) atoms. The summed E-state index contributed by atoms with van der Waals surface area (Å²) in [7, 11) is 0. The van der Waals surface area contributed by atoms with Crippen molar-refractivity contribution >= 4 is 12.1 Å². The SMILES string of the molecule is O=C(O)CCOCCOCCOCCOCCOCCOCCOCCOCCOCCOCCOCCOCCNC(=O)OCC1[C@@H]2CCC#CCC[C@@H]12. The molecule has 2 N–H and O–H groups in total. The highest BCUT2D eigenvalue weighted by Gasteiger charge is 2.49. The van der Waals surface area contributed by atoms with Gasteiger partial charge in [0.05, 0.1) is 172 Å². The molecule has 0 spiro atoms. The molecule has 1 fully saturated rings. The molecule has 0 radical (unpaired) electrons. The lowest BCUT2D eigenvalue weighted by atomic mass is 10.1. The normalized spacial score (nSPS) is 17.5. The van der Waals surface area contributed by atoms with E-state index in [4.69, 9.17) is 66.7 Å². The zero-order valence-electron chi connectivity index (χ0n) is 32.7. The molecular weight excluding hydrogens is 726 g/mol. The Morgan fingerprint density at radius 3 is 1.05 bits per heavy atom. The number of carbonyl (C=O) groups is 2. The van der Waals surface area contributed by atoms with Crippen molar-refractivity contribution in [2.24, 2.45) is 17.8 Å². The van der Waals surface area contributed by atoms with Gasteiger partial charge in [0.1, 0.15) is 0 Å². The molecule has 0 aromatic heterocycles. The van der Waals surface area contributed by atoms with E-state index in [2.05, 4.69) is 17.2 Å². The van der Waals surface area contributed by atoms with Gasteiger partial charge in [-0.05, 0) is 30.6 Å². The van der Waals surface area contributed by atoms with Crippen molar-refractivity contribution in [1.29, 1.82) is 0 Å². The minimum atomic E-state index is -0.877. The Morgan fingerprint density at radius 1 is 0.455 bits per heavy atom. The number of alkyl carbamates (subject to hydrolysis) is 1. The van der Waals surface area contributed by atoms with Crippen molar-refractivity contribution < 1.29 is 76.3 Å². The van der Waals surface area contributed by atoms with Gasteiger partial charge in [-0.1, -0.05) is 0 Å². The molecule has 0 aliphatic heterocycles. The summed E-state index contributed by atoms with van der Waals surface area (Å²) in [5, 5.41) is 11.2. The Hall–Kier alpha value is -2.18. The second kappa shape index (κ2) is 37.4. The van der Waals surface area contributed by atoms with Crippen LogP contribution in [-0.2, 0) is 66.4 Å². The maximum absolute atomic E-state index is 11.9. The number of carbonyl (C=O) groups excluding carboxylic acids is 1. The van der Waals surface area contributed by atoms with E-state index in [-0.39, 0.29) is 19.1 Å². The second-order valence-electron chi connectivity index (χ2n) is 12.4. The molecule has 1 saturated carbocycles. The van der Waals surface area contributed by atoms with Crippen molar-refractivity contribution in [2.45, 2.75) is 32.1 Å². The molecular formula is C38H67NO16. The molecule has 0 bridgehead atoms. The molecule has 17 nitrogen and oxygen atoms in total. The van der Waals surface area contributed by atoms with Crippen LogP contribution in [0.3, 0.4) is 0 Å². The van der Waals surface area contributed by atoms with Gasteiger partial charge in [0.2, 0.25) is 0 Å².